The molecule has 10 heteroatoms. The van der Waals surface area contributed by atoms with Crippen LogP contribution in [0.3, 0.4) is 0 Å². The molecule has 2 rings (SSSR count). The quantitative estimate of drug-likeness (QED) is 0.506. The van der Waals surface area contributed by atoms with Gasteiger partial charge in [-0.1, -0.05) is 58.5 Å². The van der Waals surface area contributed by atoms with Crippen LogP contribution in [0, 0.1) is 10.1 Å². The maximum absolute atomic E-state index is 8.36. The highest BCUT2D eigenvalue weighted by Gasteiger charge is 2.15. The monoisotopic (exact) mass is 426 g/mol. The molecule has 1 atom stereocenters. The molecule has 1 unspecified atom stereocenters. The lowest BCUT2D eigenvalue weighted by Gasteiger charge is -2.18. The molecular formula is C15H14Cl4N2O4. The van der Waals surface area contributed by atoms with E-state index in [9.17, 15) is 0 Å². The Morgan fingerprint density at radius 2 is 1.60 bits per heavy atom. The van der Waals surface area contributed by atoms with Crippen molar-refractivity contribution in [1.82, 2.24) is 0 Å². The third-order valence-corrected chi connectivity index (χ3v) is 4.13. The van der Waals surface area contributed by atoms with Gasteiger partial charge in [0.2, 0.25) is 0 Å². The summed E-state index contributed by atoms with van der Waals surface area (Å²) < 4.78 is 5.82. The Kier molecular flexibility index (Phi) is 9.27. The molecule has 0 aliphatic heterocycles. The summed E-state index contributed by atoms with van der Waals surface area (Å²) in [7, 11) is 0. The van der Waals surface area contributed by atoms with Gasteiger partial charge in [-0.3, -0.25) is 0 Å². The Bertz CT molecular complexity index is 727. The molecule has 0 amide bonds. The Labute approximate surface area is 164 Å². The van der Waals surface area contributed by atoms with Crippen LogP contribution in [0.15, 0.2) is 36.4 Å². The molecule has 136 valence electrons. The number of rotatable bonds is 5. The Balaban J connectivity index is 0.000000705. The highest BCUT2D eigenvalue weighted by atomic mass is 35.5. The molecule has 0 radical (unpaired) electrons. The maximum atomic E-state index is 8.36. The van der Waals surface area contributed by atoms with Crippen LogP contribution in [-0.2, 0) is 11.3 Å². The zero-order chi connectivity index (χ0) is 19.0. The summed E-state index contributed by atoms with van der Waals surface area (Å²) in [5.74, 6) is 0. The molecule has 0 heterocycles. The van der Waals surface area contributed by atoms with Gasteiger partial charge in [-0.15, -0.1) is 10.1 Å². The van der Waals surface area contributed by atoms with E-state index in [-0.39, 0.29) is 6.10 Å². The van der Waals surface area contributed by atoms with Crippen molar-refractivity contribution < 1.29 is 15.0 Å². The van der Waals surface area contributed by atoms with Gasteiger partial charge in [0, 0.05) is 32.2 Å². The summed E-state index contributed by atoms with van der Waals surface area (Å²) in [4.78, 5) is 8.36. The predicted octanol–water partition coefficient (Wildman–Crippen LogP) is 5.17. The molecule has 0 fully saturated rings. The van der Waals surface area contributed by atoms with Gasteiger partial charge in [-0.25, -0.2) is 0 Å². The topological polar surface area (TPSA) is 98.6 Å². The van der Waals surface area contributed by atoms with Gasteiger partial charge in [0.15, 0.2) is 0 Å². The van der Waals surface area contributed by atoms with Crippen LogP contribution >= 0.6 is 46.4 Å². The zero-order valence-electron chi connectivity index (χ0n) is 12.7. The summed E-state index contributed by atoms with van der Waals surface area (Å²) in [6.07, 6.45) is -0.332. The summed E-state index contributed by atoms with van der Waals surface area (Å²) in [6.45, 7) is 0.614. The van der Waals surface area contributed by atoms with E-state index in [1.165, 1.54) is 0 Å². The second kappa shape index (κ2) is 10.7. The van der Waals surface area contributed by atoms with Crippen molar-refractivity contribution in [2.24, 2.45) is 5.73 Å². The average molecular weight is 428 g/mol. The molecule has 0 aliphatic rings. The lowest BCUT2D eigenvalue weighted by atomic mass is 10.1. The number of nitrogens with zero attached hydrogens (tertiary/aromatic N) is 1. The second-order valence-electron chi connectivity index (χ2n) is 4.67. The highest BCUT2D eigenvalue weighted by molar-refractivity contribution is 6.35. The first kappa shape index (κ1) is 21.8. The van der Waals surface area contributed by atoms with Crippen LogP contribution in [0.1, 0.15) is 17.2 Å². The third-order valence-electron chi connectivity index (χ3n) is 2.98. The van der Waals surface area contributed by atoms with E-state index in [0.717, 1.165) is 11.1 Å². The zero-order valence-corrected chi connectivity index (χ0v) is 15.7. The Morgan fingerprint density at radius 1 is 1.08 bits per heavy atom. The summed E-state index contributed by atoms with van der Waals surface area (Å²) >= 11 is 24.0. The van der Waals surface area contributed by atoms with E-state index in [4.69, 9.17) is 72.2 Å². The summed E-state index contributed by atoms with van der Waals surface area (Å²) in [5.41, 5.74) is 7.40. The Hall–Kier alpha value is -1.28. The number of nitrogens with two attached hydrogens (primary N) is 1. The fourth-order valence-corrected chi connectivity index (χ4v) is 2.87. The van der Waals surface area contributed by atoms with Crippen molar-refractivity contribution in [3.8, 4) is 0 Å². The summed E-state index contributed by atoms with van der Waals surface area (Å²) in [6, 6.07) is 10.5. The van der Waals surface area contributed by atoms with Crippen molar-refractivity contribution in [2.75, 3.05) is 6.54 Å². The predicted molar refractivity (Wildman–Crippen MR) is 98.3 cm³/mol. The standard InChI is InChI=1S/C15H13Cl4NO.HNO3/c16-10-2-1-9(13(18)5-10)8-21-15(7-20)12-4-3-11(17)6-14(12)19;2-1(3)4/h1-6,15H,7-8,20H2;(H,2,3,4). The minimum absolute atomic E-state index is 0.298. The molecule has 3 N–H and O–H groups in total. The van der Waals surface area contributed by atoms with Crippen LogP contribution < -0.4 is 5.73 Å². The van der Waals surface area contributed by atoms with E-state index in [1.54, 1.807) is 24.3 Å². The van der Waals surface area contributed by atoms with Gasteiger partial charge >= 0.3 is 0 Å². The molecule has 25 heavy (non-hydrogen) atoms. The summed E-state index contributed by atoms with van der Waals surface area (Å²) in [5, 5.41) is 15.9. The first-order valence-electron chi connectivity index (χ1n) is 6.78. The van der Waals surface area contributed by atoms with E-state index >= 15 is 0 Å². The minimum Gasteiger partial charge on any atom is -0.367 e. The minimum atomic E-state index is -1.50. The van der Waals surface area contributed by atoms with Crippen molar-refractivity contribution in [3.05, 3.63) is 77.7 Å². The number of halogens is 4. The van der Waals surface area contributed by atoms with E-state index in [1.807, 2.05) is 12.1 Å². The van der Waals surface area contributed by atoms with E-state index in [2.05, 4.69) is 0 Å². The van der Waals surface area contributed by atoms with Gasteiger partial charge in [0.25, 0.3) is 5.09 Å². The van der Waals surface area contributed by atoms with Gasteiger partial charge in [0.05, 0.1) is 12.7 Å². The normalized spacial score (nSPS) is 11.4. The van der Waals surface area contributed by atoms with Gasteiger partial charge in [0.1, 0.15) is 0 Å². The molecule has 2 aromatic rings. The molecule has 0 spiro atoms. The number of ether oxygens (including phenoxy) is 1. The molecule has 0 saturated carbocycles. The lowest BCUT2D eigenvalue weighted by Crippen LogP contribution is -2.16. The first-order valence-corrected chi connectivity index (χ1v) is 8.29. The molecule has 0 saturated heterocycles. The molecule has 0 aliphatic carbocycles. The first-order chi connectivity index (χ1) is 11.7. The fourth-order valence-electron chi connectivity index (χ4n) is 1.88. The molecule has 2 aromatic carbocycles. The van der Waals surface area contributed by atoms with E-state index < -0.39 is 5.09 Å². The van der Waals surface area contributed by atoms with Crippen LogP contribution in [0.25, 0.3) is 0 Å². The van der Waals surface area contributed by atoms with Gasteiger partial charge < -0.3 is 15.7 Å². The highest BCUT2D eigenvalue weighted by Crippen LogP contribution is 2.29. The lowest BCUT2D eigenvalue weighted by molar-refractivity contribution is -0.742. The average Bonchev–Trinajstić information content (AvgIpc) is 2.50. The maximum Gasteiger partial charge on any atom is 0.291 e. The van der Waals surface area contributed by atoms with Crippen LogP contribution in [0.2, 0.25) is 20.1 Å². The van der Waals surface area contributed by atoms with Crippen molar-refractivity contribution in [1.29, 1.82) is 0 Å². The smallest absolute Gasteiger partial charge is 0.291 e. The number of benzene rings is 2. The number of hydrogen-bond acceptors (Lipinski definition) is 4. The van der Waals surface area contributed by atoms with Crippen molar-refractivity contribution in [2.45, 2.75) is 12.7 Å². The van der Waals surface area contributed by atoms with Crippen molar-refractivity contribution in [3.63, 3.8) is 0 Å². The van der Waals surface area contributed by atoms with E-state index in [0.29, 0.717) is 33.2 Å². The fraction of sp³-hybridized carbons (Fsp3) is 0.200. The number of hydrogen-bond donors (Lipinski definition) is 2. The van der Waals surface area contributed by atoms with Gasteiger partial charge in [-0.05, 0) is 29.8 Å². The Morgan fingerprint density at radius 3 is 2.08 bits per heavy atom. The van der Waals surface area contributed by atoms with Crippen LogP contribution in [-0.4, -0.2) is 16.8 Å². The van der Waals surface area contributed by atoms with Crippen molar-refractivity contribution >= 4 is 46.4 Å². The third kappa shape index (κ3) is 7.64. The van der Waals surface area contributed by atoms with Crippen LogP contribution in [0.4, 0.5) is 0 Å². The largest absolute Gasteiger partial charge is 0.367 e. The molecule has 6 nitrogen and oxygen atoms in total. The molecular weight excluding hydrogens is 414 g/mol. The second-order valence-corrected chi connectivity index (χ2v) is 6.36. The molecule has 0 bridgehead atoms. The van der Waals surface area contributed by atoms with Crippen LogP contribution in [0.5, 0.6) is 0 Å². The molecule has 0 aromatic heterocycles. The van der Waals surface area contributed by atoms with Gasteiger partial charge in [-0.2, -0.15) is 0 Å². The SMILES string of the molecule is NCC(OCc1ccc(Cl)cc1Cl)c1ccc(Cl)cc1Cl.O=[N+]([O-])O.